The second-order valence-corrected chi connectivity index (χ2v) is 5.54. The maximum atomic E-state index is 12.6. The van der Waals surface area contributed by atoms with Crippen LogP contribution in [-0.2, 0) is 16.8 Å². The number of fused-ring (bicyclic) bond motifs is 2. The number of nitrogens with zero attached hydrogens (tertiary/aromatic N) is 1. The Kier molecular flexibility index (Phi) is 2.34. The molecule has 1 spiro atoms. The first-order valence-electron chi connectivity index (χ1n) is 6.92. The standard InChI is InChI=1S/C18H15NO/c20-17-18(11-10-15-8-4-5-9-16(15)18)13-19(17)12-14-6-2-1-3-7-14/h1-11H,12-13H2. The lowest BCUT2D eigenvalue weighted by atomic mass is 9.74. The predicted molar refractivity (Wildman–Crippen MR) is 79.0 cm³/mol. The molecule has 1 aliphatic carbocycles. The monoisotopic (exact) mass is 261 g/mol. The largest absolute Gasteiger partial charge is 0.336 e. The van der Waals surface area contributed by atoms with Crippen LogP contribution in [-0.4, -0.2) is 17.4 Å². The Hall–Kier alpha value is -2.35. The highest BCUT2D eigenvalue weighted by atomic mass is 16.2. The van der Waals surface area contributed by atoms with Crippen molar-refractivity contribution in [3.05, 3.63) is 77.4 Å². The van der Waals surface area contributed by atoms with Crippen molar-refractivity contribution in [2.75, 3.05) is 6.54 Å². The van der Waals surface area contributed by atoms with Crippen LogP contribution in [0.4, 0.5) is 0 Å². The van der Waals surface area contributed by atoms with Gasteiger partial charge in [0.05, 0.1) is 0 Å². The number of rotatable bonds is 2. The van der Waals surface area contributed by atoms with Gasteiger partial charge in [-0.15, -0.1) is 0 Å². The molecule has 1 unspecified atom stereocenters. The van der Waals surface area contributed by atoms with Gasteiger partial charge in [-0.2, -0.15) is 0 Å². The smallest absolute Gasteiger partial charge is 0.239 e. The van der Waals surface area contributed by atoms with E-state index in [2.05, 4.69) is 36.4 Å². The highest BCUT2D eigenvalue weighted by Crippen LogP contribution is 2.44. The van der Waals surface area contributed by atoms with Crippen LogP contribution < -0.4 is 0 Å². The molecule has 2 aromatic rings. The number of carbonyl (C=O) groups is 1. The van der Waals surface area contributed by atoms with Crippen LogP contribution >= 0.6 is 0 Å². The van der Waals surface area contributed by atoms with Gasteiger partial charge in [0.25, 0.3) is 0 Å². The Morgan fingerprint density at radius 3 is 2.55 bits per heavy atom. The first-order valence-corrected chi connectivity index (χ1v) is 6.92. The highest BCUT2D eigenvalue weighted by Gasteiger charge is 2.53. The third kappa shape index (κ3) is 1.48. The van der Waals surface area contributed by atoms with E-state index in [0.717, 1.165) is 12.1 Å². The molecule has 1 fully saturated rings. The van der Waals surface area contributed by atoms with Crippen molar-refractivity contribution in [2.45, 2.75) is 12.0 Å². The number of benzene rings is 2. The molecular weight excluding hydrogens is 246 g/mol. The summed E-state index contributed by atoms with van der Waals surface area (Å²) < 4.78 is 0. The Bertz CT molecular complexity index is 704. The minimum atomic E-state index is -0.384. The molecular formula is C18H15NO. The molecule has 2 nitrogen and oxygen atoms in total. The summed E-state index contributed by atoms with van der Waals surface area (Å²) in [6, 6.07) is 18.3. The number of hydrogen-bond donors (Lipinski definition) is 0. The van der Waals surface area contributed by atoms with Gasteiger partial charge in [0.1, 0.15) is 5.41 Å². The second-order valence-electron chi connectivity index (χ2n) is 5.54. The molecule has 20 heavy (non-hydrogen) atoms. The molecule has 0 saturated carbocycles. The molecule has 0 N–H and O–H groups in total. The van der Waals surface area contributed by atoms with Crippen LogP contribution in [0, 0.1) is 0 Å². The Labute approximate surface area is 118 Å². The van der Waals surface area contributed by atoms with E-state index in [0.29, 0.717) is 6.54 Å². The van der Waals surface area contributed by atoms with Gasteiger partial charge < -0.3 is 4.90 Å². The molecule has 2 aromatic carbocycles. The van der Waals surface area contributed by atoms with Crippen LogP contribution in [0.5, 0.6) is 0 Å². The molecule has 1 saturated heterocycles. The topological polar surface area (TPSA) is 20.3 Å². The van der Waals surface area contributed by atoms with E-state index in [1.165, 1.54) is 11.1 Å². The van der Waals surface area contributed by atoms with E-state index in [4.69, 9.17) is 0 Å². The third-order valence-electron chi connectivity index (χ3n) is 4.31. The van der Waals surface area contributed by atoms with Crippen LogP contribution in [0.3, 0.4) is 0 Å². The van der Waals surface area contributed by atoms with Crippen molar-refractivity contribution in [3.63, 3.8) is 0 Å². The number of hydrogen-bond acceptors (Lipinski definition) is 1. The van der Waals surface area contributed by atoms with Gasteiger partial charge in [-0.3, -0.25) is 4.79 Å². The summed E-state index contributed by atoms with van der Waals surface area (Å²) in [6.45, 7) is 1.49. The van der Waals surface area contributed by atoms with Crippen molar-refractivity contribution < 1.29 is 4.79 Å². The van der Waals surface area contributed by atoms with E-state index in [9.17, 15) is 4.79 Å². The molecule has 1 amide bonds. The van der Waals surface area contributed by atoms with Crippen molar-refractivity contribution in [1.29, 1.82) is 0 Å². The number of likely N-dealkylation sites (tertiary alicyclic amines) is 1. The third-order valence-corrected chi connectivity index (χ3v) is 4.31. The molecule has 1 aliphatic heterocycles. The summed E-state index contributed by atoms with van der Waals surface area (Å²) in [7, 11) is 0. The summed E-state index contributed by atoms with van der Waals surface area (Å²) >= 11 is 0. The quantitative estimate of drug-likeness (QED) is 0.761. The average molecular weight is 261 g/mol. The Morgan fingerprint density at radius 1 is 1.00 bits per heavy atom. The average Bonchev–Trinajstić information content (AvgIpc) is 2.89. The molecule has 2 aliphatic rings. The van der Waals surface area contributed by atoms with Gasteiger partial charge in [0.15, 0.2) is 0 Å². The number of β-lactam (4-membered cyclic amide) rings is 1. The van der Waals surface area contributed by atoms with Gasteiger partial charge in [-0.05, 0) is 16.7 Å². The lowest BCUT2D eigenvalue weighted by Gasteiger charge is -2.46. The van der Waals surface area contributed by atoms with E-state index in [-0.39, 0.29) is 11.3 Å². The fourth-order valence-corrected chi connectivity index (χ4v) is 3.26. The number of carbonyl (C=O) groups excluding carboxylic acids is 1. The van der Waals surface area contributed by atoms with Gasteiger partial charge in [-0.1, -0.05) is 66.7 Å². The minimum absolute atomic E-state index is 0.225. The zero-order valence-electron chi connectivity index (χ0n) is 11.1. The van der Waals surface area contributed by atoms with E-state index in [1.807, 2.05) is 35.2 Å². The summed E-state index contributed by atoms with van der Waals surface area (Å²) in [6.07, 6.45) is 4.15. The fraction of sp³-hybridized carbons (Fsp3) is 0.167. The lowest BCUT2D eigenvalue weighted by molar-refractivity contribution is -0.148. The summed E-state index contributed by atoms with van der Waals surface area (Å²) in [5.74, 6) is 0.225. The van der Waals surface area contributed by atoms with Crippen LogP contribution in [0.1, 0.15) is 16.7 Å². The molecule has 0 aromatic heterocycles. The van der Waals surface area contributed by atoms with Crippen LogP contribution in [0.15, 0.2) is 60.7 Å². The minimum Gasteiger partial charge on any atom is -0.336 e. The Morgan fingerprint density at radius 2 is 1.75 bits per heavy atom. The predicted octanol–water partition coefficient (Wildman–Crippen LogP) is 2.99. The second kappa shape index (κ2) is 4.07. The molecule has 98 valence electrons. The molecule has 0 radical (unpaired) electrons. The Balaban J connectivity index is 1.59. The van der Waals surface area contributed by atoms with E-state index < -0.39 is 0 Å². The van der Waals surface area contributed by atoms with Crippen molar-refractivity contribution in [3.8, 4) is 0 Å². The first kappa shape index (κ1) is 11.5. The van der Waals surface area contributed by atoms with Gasteiger partial charge >= 0.3 is 0 Å². The molecule has 1 heterocycles. The molecule has 0 bridgehead atoms. The maximum absolute atomic E-state index is 12.6. The highest BCUT2D eigenvalue weighted by molar-refractivity contribution is 6.00. The molecule has 1 atom stereocenters. The molecule has 4 rings (SSSR count). The van der Waals surface area contributed by atoms with Crippen molar-refractivity contribution in [1.82, 2.24) is 4.90 Å². The zero-order chi connectivity index (χ0) is 13.6. The van der Waals surface area contributed by atoms with Crippen molar-refractivity contribution in [2.24, 2.45) is 0 Å². The number of amides is 1. The van der Waals surface area contributed by atoms with Crippen LogP contribution in [0.2, 0.25) is 0 Å². The normalized spacial score (nSPS) is 23.0. The van der Waals surface area contributed by atoms with Crippen molar-refractivity contribution >= 4 is 12.0 Å². The zero-order valence-corrected chi connectivity index (χ0v) is 11.1. The SMILES string of the molecule is O=C1N(Cc2ccccc2)CC12C=Cc1ccccc12. The summed E-state index contributed by atoms with van der Waals surface area (Å²) in [5, 5.41) is 0. The van der Waals surface area contributed by atoms with Crippen LogP contribution in [0.25, 0.3) is 6.08 Å². The maximum Gasteiger partial charge on any atom is 0.239 e. The van der Waals surface area contributed by atoms with Gasteiger partial charge in [0, 0.05) is 13.1 Å². The van der Waals surface area contributed by atoms with E-state index in [1.54, 1.807) is 0 Å². The first-order chi connectivity index (χ1) is 9.79. The van der Waals surface area contributed by atoms with Gasteiger partial charge in [0.2, 0.25) is 5.91 Å². The summed E-state index contributed by atoms with van der Waals surface area (Å²) in [5.41, 5.74) is 3.14. The van der Waals surface area contributed by atoms with Gasteiger partial charge in [-0.25, -0.2) is 0 Å². The van der Waals surface area contributed by atoms with E-state index >= 15 is 0 Å². The summed E-state index contributed by atoms with van der Waals surface area (Å²) in [4.78, 5) is 14.6. The fourth-order valence-electron chi connectivity index (χ4n) is 3.26. The lowest BCUT2D eigenvalue weighted by Crippen LogP contribution is -2.62. The molecule has 2 heteroatoms.